The highest BCUT2D eigenvalue weighted by Crippen LogP contribution is 2.40. The maximum atomic E-state index is 12.6. The van der Waals surface area contributed by atoms with Crippen molar-refractivity contribution in [3.05, 3.63) is 16.7 Å². The first-order valence-corrected chi connectivity index (χ1v) is 9.10. The number of esters is 3. The molecule has 2 aromatic heterocycles. The van der Waals surface area contributed by atoms with Crippen LogP contribution in [-0.2, 0) is 38.1 Å². The normalized spacial score (nSPS) is 26.9. The number of carbonyl (C=O) groups is 4. The molecule has 2 N–H and O–H groups in total. The van der Waals surface area contributed by atoms with Gasteiger partial charge in [0.25, 0.3) is 5.56 Å². The molecule has 1 amide bonds. The smallest absolute Gasteiger partial charge is 0.350 e. The first-order chi connectivity index (χ1) is 14.7. The summed E-state index contributed by atoms with van der Waals surface area (Å²) >= 11 is 0. The fourth-order valence-electron chi connectivity index (χ4n) is 3.58. The lowest BCUT2D eigenvalue weighted by molar-refractivity contribution is -0.174. The lowest BCUT2D eigenvalue weighted by Crippen LogP contribution is -2.36. The Hall–Kier alpha value is -3.81. The Kier molecular flexibility index (Phi) is 4.93. The minimum absolute atomic E-state index is 0.0109. The standard InChI is InChI=1S/C17H17N5O9/c1-5(23)19-17-20-13-8(14(26)21-17)22(4-18-13)15-11(28-6(2)24)9-10(30-15)12(16(27)31-9)29-7(3)25/h4,9-12,15H,1-3H3,(H2,19,20,21,23,26)/t9-,10+,11-,12-,15+/m0/s1. The highest BCUT2D eigenvalue weighted by Gasteiger charge is 2.61. The van der Waals surface area contributed by atoms with Gasteiger partial charge in [0.05, 0.1) is 0 Å². The highest BCUT2D eigenvalue weighted by atomic mass is 16.7. The fraction of sp³-hybridized carbons (Fsp3) is 0.471. The number of aromatic amines is 1. The van der Waals surface area contributed by atoms with Gasteiger partial charge in [-0.15, -0.1) is 0 Å². The van der Waals surface area contributed by atoms with Gasteiger partial charge in [-0.1, -0.05) is 0 Å². The molecule has 0 aliphatic carbocycles. The molecule has 4 heterocycles. The van der Waals surface area contributed by atoms with Crippen LogP contribution in [0, 0.1) is 0 Å². The second-order valence-electron chi connectivity index (χ2n) is 6.92. The third kappa shape index (κ3) is 3.61. The van der Waals surface area contributed by atoms with Crippen LogP contribution < -0.4 is 10.9 Å². The molecule has 0 saturated carbocycles. The SMILES string of the molecule is CC(=O)Nc1nc2ncn([C@@H]3O[C@@H]4[C@H](OC(=O)[C@H]4OC(C)=O)[C@@H]3OC(C)=O)c2c(=O)[nH]1. The molecule has 5 atom stereocenters. The summed E-state index contributed by atoms with van der Waals surface area (Å²) in [6.45, 7) is 3.53. The molecule has 2 saturated heterocycles. The van der Waals surface area contributed by atoms with E-state index in [0.29, 0.717) is 0 Å². The van der Waals surface area contributed by atoms with Crippen LogP contribution in [0.1, 0.15) is 27.0 Å². The number of hydrogen-bond acceptors (Lipinski definition) is 11. The van der Waals surface area contributed by atoms with Crippen LogP contribution in [0.2, 0.25) is 0 Å². The average Bonchev–Trinajstić information content (AvgIpc) is 3.29. The second-order valence-corrected chi connectivity index (χ2v) is 6.92. The first-order valence-electron chi connectivity index (χ1n) is 9.10. The van der Waals surface area contributed by atoms with Crippen molar-refractivity contribution < 1.29 is 38.1 Å². The molecular formula is C17H17N5O9. The lowest BCUT2D eigenvalue weighted by atomic mass is 10.1. The number of amides is 1. The highest BCUT2D eigenvalue weighted by molar-refractivity contribution is 5.87. The maximum Gasteiger partial charge on any atom is 0.350 e. The largest absolute Gasteiger partial charge is 0.454 e. The molecule has 4 rings (SSSR count). The molecule has 164 valence electrons. The molecule has 0 spiro atoms. The lowest BCUT2D eigenvalue weighted by Gasteiger charge is -2.22. The van der Waals surface area contributed by atoms with Crippen molar-refractivity contribution in [3.8, 4) is 0 Å². The van der Waals surface area contributed by atoms with Crippen molar-refractivity contribution >= 4 is 40.9 Å². The topological polar surface area (TPSA) is 181 Å². The Morgan fingerprint density at radius 2 is 1.84 bits per heavy atom. The van der Waals surface area contributed by atoms with Crippen LogP contribution in [0.5, 0.6) is 0 Å². The van der Waals surface area contributed by atoms with E-state index in [4.69, 9.17) is 18.9 Å². The number of carbonyl (C=O) groups excluding carboxylic acids is 4. The number of rotatable bonds is 4. The Balaban J connectivity index is 1.74. The summed E-state index contributed by atoms with van der Waals surface area (Å²) < 4.78 is 22.7. The fourth-order valence-corrected chi connectivity index (χ4v) is 3.58. The van der Waals surface area contributed by atoms with E-state index in [1.165, 1.54) is 17.8 Å². The van der Waals surface area contributed by atoms with E-state index in [-0.39, 0.29) is 17.1 Å². The molecular weight excluding hydrogens is 418 g/mol. The van der Waals surface area contributed by atoms with Gasteiger partial charge in [0.2, 0.25) is 18.0 Å². The minimum atomic E-state index is -1.36. The summed E-state index contributed by atoms with van der Waals surface area (Å²) in [5.41, 5.74) is -0.697. The molecule has 0 radical (unpaired) electrons. The van der Waals surface area contributed by atoms with Gasteiger partial charge in [-0.25, -0.2) is 9.78 Å². The van der Waals surface area contributed by atoms with E-state index in [1.54, 1.807) is 0 Å². The third-order valence-corrected chi connectivity index (χ3v) is 4.61. The first kappa shape index (κ1) is 20.5. The number of H-pyrrole nitrogens is 1. The Bertz CT molecular complexity index is 1150. The van der Waals surface area contributed by atoms with Gasteiger partial charge in [0, 0.05) is 20.8 Å². The third-order valence-electron chi connectivity index (χ3n) is 4.61. The number of imidazole rings is 1. The molecule has 2 fully saturated rings. The maximum absolute atomic E-state index is 12.6. The molecule has 14 heteroatoms. The van der Waals surface area contributed by atoms with Crippen LogP contribution in [0.4, 0.5) is 5.95 Å². The van der Waals surface area contributed by atoms with Gasteiger partial charge in [-0.3, -0.25) is 34.0 Å². The predicted octanol–water partition coefficient (Wildman–Crippen LogP) is -1.24. The van der Waals surface area contributed by atoms with Crippen molar-refractivity contribution in [1.29, 1.82) is 0 Å². The second kappa shape index (κ2) is 7.46. The van der Waals surface area contributed by atoms with E-state index in [9.17, 15) is 24.0 Å². The number of ether oxygens (including phenoxy) is 4. The van der Waals surface area contributed by atoms with E-state index < -0.39 is 60.0 Å². The Labute approximate surface area is 172 Å². The monoisotopic (exact) mass is 435 g/mol. The van der Waals surface area contributed by atoms with Crippen LogP contribution in [0.15, 0.2) is 11.1 Å². The van der Waals surface area contributed by atoms with Crippen molar-refractivity contribution in [2.45, 2.75) is 51.4 Å². The van der Waals surface area contributed by atoms with Gasteiger partial charge in [0.1, 0.15) is 12.4 Å². The van der Waals surface area contributed by atoms with Crippen LogP contribution in [-0.4, -0.2) is 67.7 Å². The van der Waals surface area contributed by atoms with Gasteiger partial charge in [-0.05, 0) is 0 Å². The zero-order valence-corrected chi connectivity index (χ0v) is 16.5. The van der Waals surface area contributed by atoms with Gasteiger partial charge in [-0.2, -0.15) is 4.98 Å². The van der Waals surface area contributed by atoms with E-state index in [1.807, 2.05) is 0 Å². The van der Waals surface area contributed by atoms with Crippen molar-refractivity contribution in [2.24, 2.45) is 0 Å². The summed E-state index contributed by atoms with van der Waals surface area (Å²) in [5, 5.41) is 2.35. The van der Waals surface area contributed by atoms with E-state index in [0.717, 1.165) is 13.8 Å². The van der Waals surface area contributed by atoms with Crippen LogP contribution in [0.25, 0.3) is 11.2 Å². The zero-order valence-electron chi connectivity index (χ0n) is 16.5. The average molecular weight is 435 g/mol. The molecule has 0 unspecified atom stereocenters. The number of aromatic nitrogens is 4. The van der Waals surface area contributed by atoms with Gasteiger partial charge in [0.15, 0.2) is 29.6 Å². The molecule has 2 aromatic rings. The van der Waals surface area contributed by atoms with Crippen molar-refractivity contribution in [1.82, 2.24) is 19.5 Å². The van der Waals surface area contributed by atoms with Crippen LogP contribution >= 0.6 is 0 Å². The minimum Gasteiger partial charge on any atom is -0.454 e. The summed E-state index contributed by atoms with van der Waals surface area (Å²) in [6, 6.07) is 0. The predicted molar refractivity (Wildman–Crippen MR) is 97.4 cm³/mol. The molecule has 2 aliphatic rings. The number of anilines is 1. The molecule has 0 aromatic carbocycles. The summed E-state index contributed by atoms with van der Waals surface area (Å²) in [4.78, 5) is 69.5. The van der Waals surface area contributed by atoms with Gasteiger partial charge >= 0.3 is 17.9 Å². The zero-order chi connectivity index (χ0) is 22.4. The number of nitrogens with one attached hydrogen (secondary N) is 2. The van der Waals surface area contributed by atoms with Crippen molar-refractivity contribution in [2.75, 3.05) is 5.32 Å². The molecule has 31 heavy (non-hydrogen) atoms. The Morgan fingerprint density at radius 3 is 2.48 bits per heavy atom. The number of hydrogen-bond donors (Lipinski definition) is 2. The molecule has 2 aliphatic heterocycles. The number of nitrogens with zero attached hydrogens (tertiary/aromatic N) is 3. The molecule has 0 bridgehead atoms. The number of fused-ring (bicyclic) bond motifs is 2. The summed E-state index contributed by atoms with van der Waals surface area (Å²) in [7, 11) is 0. The Morgan fingerprint density at radius 1 is 1.13 bits per heavy atom. The summed E-state index contributed by atoms with van der Waals surface area (Å²) in [6.07, 6.45) is -4.57. The van der Waals surface area contributed by atoms with E-state index in [2.05, 4.69) is 20.3 Å². The molecule has 14 nitrogen and oxygen atoms in total. The summed E-state index contributed by atoms with van der Waals surface area (Å²) in [5.74, 6) is -2.79. The van der Waals surface area contributed by atoms with Gasteiger partial charge < -0.3 is 18.9 Å². The quantitative estimate of drug-likeness (QED) is 0.433. The van der Waals surface area contributed by atoms with E-state index >= 15 is 0 Å². The van der Waals surface area contributed by atoms with Crippen molar-refractivity contribution in [3.63, 3.8) is 0 Å². The van der Waals surface area contributed by atoms with Crippen LogP contribution in [0.3, 0.4) is 0 Å².